The standard InChI is InChI=1S/C10H10O4.CH4/c1-6-3-4-9(14-7(2)11)8(5-6)10(12)13;/h3-5H,1-2H3,(H,12,13);1H4. The van der Waals surface area contributed by atoms with E-state index in [0.717, 1.165) is 5.56 Å². The molecule has 0 aliphatic rings. The molecule has 0 heterocycles. The largest absolute Gasteiger partial charge is 0.478 e. The first kappa shape index (κ1) is 13.2. The first-order chi connectivity index (χ1) is 6.50. The van der Waals surface area contributed by atoms with Crippen molar-refractivity contribution in [3.05, 3.63) is 29.3 Å². The van der Waals surface area contributed by atoms with Crippen molar-refractivity contribution in [3.63, 3.8) is 0 Å². The zero-order valence-corrected chi connectivity index (χ0v) is 7.90. The number of rotatable bonds is 2. The van der Waals surface area contributed by atoms with Crippen LogP contribution in [0.15, 0.2) is 18.2 Å². The number of benzene rings is 1. The maximum absolute atomic E-state index is 10.8. The molecule has 82 valence electrons. The number of carboxylic acid groups (broad SMARTS) is 1. The Labute approximate surface area is 88.5 Å². The first-order valence-electron chi connectivity index (χ1n) is 4.03. The molecule has 0 atom stereocenters. The predicted octanol–water partition coefficient (Wildman–Crippen LogP) is 2.25. The number of carbonyl (C=O) groups excluding carboxylic acids is 1. The fourth-order valence-corrected chi connectivity index (χ4v) is 1.05. The van der Waals surface area contributed by atoms with Crippen molar-refractivity contribution in [1.29, 1.82) is 0 Å². The van der Waals surface area contributed by atoms with Crippen molar-refractivity contribution >= 4 is 11.9 Å². The van der Waals surface area contributed by atoms with Crippen molar-refractivity contribution in [3.8, 4) is 5.75 Å². The minimum atomic E-state index is -1.11. The smallest absolute Gasteiger partial charge is 0.339 e. The van der Waals surface area contributed by atoms with Crippen LogP contribution in [-0.2, 0) is 4.79 Å². The van der Waals surface area contributed by atoms with Crippen LogP contribution in [0, 0.1) is 6.92 Å². The van der Waals surface area contributed by atoms with Gasteiger partial charge in [-0.2, -0.15) is 0 Å². The molecule has 0 aromatic heterocycles. The molecule has 15 heavy (non-hydrogen) atoms. The Balaban J connectivity index is 0.00000196. The fraction of sp³-hybridized carbons (Fsp3) is 0.273. The number of aryl methyl sites for hydroxylation is 1. The van der Waals surface area contributed by atoms with E-state index in [1.165, 1.54) is 19.1 Å². The minimum absolute atomic E-state index is 0. The van der Waals surface area contributed by atoms with Crippen LogP contribution in [0.3, 0.4) is 0 Å². The summed E-state index contributed by atoms with van der Waals surface area (Å²) in [5.41, 5.74) is 0.804. The minimum Gasteiger partial charge on any atom is -0.478 e. The number of hydrogen-bond acceptors (Lipinski definition) is 3. The van der Waals surface area contributed by atoms with Crippen LogP contribution in [0.5, 0.6) is 5.75 Å². The van der Waals surface area contributed by atoms with Gasteiger partial charge in [0.2, 0.25) is 0 Å². The van der Waals surface area contributed by atoms with Gasteiger partial charge >= 0.3 is 11.9 Å². The topological polar surface area (TPSA) is 63.6 Å². The zero-order chi connectivity index (χ0) is 10.7. The molecule has 0 spiro atoms. The van der Waals surface area contributed by atoms with Gasteiger partial charge in [-0.3, -0.25) is 4.79 Å². The lowest BCUT2D eigenvalue weighted by atomic mass is 10.1. The van der Waals surface area contributed by atoms with Crippen LogP contribution < -0.4 is 4.74 Å². The Morgan fingerprint density at radius 3 is 2.40 bits per heavy atom. The van der Waals surface area contributed by atoms with E-state index in [4.69, 9.17) is 9.84 Å². The molecule has 0 fully saturated rings. The summed E-state index contributed by atoms with van der Waals surface area (Å²) < 4.78 is 4.74. The molecule has 4 heteroatoms. The molecule has 1 rings (SSSR count). The molecular weight excluding hydrogens is 196 g/mol. The summed E-state index contributed by atoms with van der Waals surface area (Å²) in [7, 11) is 0. The van der Waals surface area contributed by atoms with Gasteiger partial charge in [-0.15, -0.1) is 0 Å². The van der Waals surface area contributed by atoms with Crippen molar-refractivity contribution in [2.45, 2.75) is 21.3 Å². The van der Waals surface area contributed by atoms with E-state index < -0.39 is 11.9 Å². The summed E-state index contributed by atoms with van der Waals surface area (Å²) >= 11 is 0. The Kier molecular flexibility index (Phi) is 4.51. The Morgan fingerprint density at radius 1 is 1.33 bits per heavy atom. The quantitative estimate of drug-likeness (QED) is 0.600. The molecule has 0 unspecified atom stereocenters. The maximum atomic E-state index is 10.8. The Bertz CT molecular complexity index is 382. The van der Waals surface area contributed by atoms with Gasteiger partial charge in [-0.05, 0) is 19.1 Å². The van der Waals surface area contributed by atoms with Crippen LogP contribution in [0.25, 0.3) is 0 Å². The normalized spacial score (nSPS) is 8.93. The van der Waals surface area contributed by atoms with Gasteiger partial charge in [-0.1, -0.05) is 19.1 Å². The predicted molar refractivity (Wildman–Crippen MR) is 56.2 cm³/mol. The number of carbonyl (C=O) groups is 2. The van der Waals surface area contributed by atoms with Crippen LogP contribution in [0.4, 0.5) is 0 Å². The van der Waals surface area contributed by atoms with E-state index in [0.29, 0.717) is 0 Å². The lowest BCUT2D eigenvalue weighted by Crippen LogP contribution is -2.07. The highest BCUT2D eigenvalue weighted by atomic mass is 16.5. The van der Waals surface area contributed by atoms with Gasteiger partial charge in [0.1, 0.15) is 11.3 Å². The highest BCUT2D eigenvalue weighted by Crippen LogP contribution is 2.19. The summed E-state index contributed by atoms with van der Waals surface area (Å²) in [6, 6.07) is 4.62. The average molecular weight is 210 g/mol. The Hall–Kier alpha value is -1.84. The second-order valence-corrected chi connectivity index (χ2v) is 2.90. The summed E-state index contributed by atoms with van der Waals surface area (Å²) in [4.78, 5) is 21.4. The lowest BCUT2D eigenvalue weighted by Gasteiger charge is -2.05. The maximum Gasteiger partial charge on any atom is 0.339 e. The molecule has 0 aliphatic heterocycles. The monoisotopic (exact) mass is 210 g/mol. The van der Waals surface area contributed by atoms with E-state index in [9.17, 15) is 9.59 Å². The summed E-state index contributed by atoms with van der Waals surface area (Å²) in [6.07, 6.45) is 0. The third-order valence-corrected chi connectivity index (χ3v) is 1.62. The van der Waals surface area contributed by atoms with Gasteiger partial charge in [0.05, 0.1) is 0 Å². The second-order valence-electron chi connectivity index (χ2n) is 2.90. The van der Waals surface area contributed by atoms with Crippen molar-refractivity contribution in [2.75, 3.05) is 0 Å². The third-order valence-electron chi connectivity index (χ3n) is 1.62. The van der Waals surface area contributed by atoms with E-state index in [1.807, 2.05) is 0 Å². The molecule has 0 aliphatic carbocycles. The molecule has 0 saturated heterocycles. The number of carboxylic acids is 1. The average Bonchev–Trinajstić information content (AvgIpc) is 2.07. The number of ether oxygens (including phenoxy) is 1. The van der Waals surface area contributed by atoms with Gasteiger partial charge < -0.3 is 9.84 Å². The molecule has 1 aromatic carbocycles. The summed E-state index contributed by atoms with van der Waals surface area (Å²) in [5.74, 6) is -1.56. The van der Waals surface area contributed by atoms with Crippen molar-refractivity contribution in [2.24, 2.45) is 0 Å². The summed E-state index contributed by atoms with van der Waals surface area (Å²) in [5, 5.41) is 8.81. The molecule has 1 N–H and O–H groups in total. The highest BCUT2D eigenvalue weighted by molar-refractivity contribution is 5.92. The number of esters is 1. The molecule has 4 nitrogen and oxygen atoms in total. The third kappa shape index (κ3) is 3.42. The van der Waals surface area contributed by atoms with Crippen molar-refractivity contribution in [1.82, 2.24) is 0 Å². The van der Waals surface area contributed by atoms with E-state index >= 15 is 0 Å². The van der Waals surface area contributed by atoms with E-state index in [2.05, 4.69) is 0 Å². The summed E-state index contributed by atoms with van der Waals surface area (Å²) in [6.45, 7) is 3.00. The van der Waals surface area contributed by atoms with E-state index in [1.54, 1.807) is 13.0 Å². The van der Waals surface area contributed by atoms with Gasteiger partial charge in [0.25, 0.3) is 0 Å². The molecule has 0 amide bonds. The molecule has 0 bridgehead atoms. The highest BCUT2D eigenvalue weighted by Gasteiger charge is 2.12. The molecule has 1 aromatic rings. The zero-order valence-electron chi connectivity index (χ0n) is 7.90. The van der Waals surface area contributed by atoms with Crippen LogP contribution in [-0.4, -0.2) is 17.0 Å². The second kappa shape index (κ2) is 5.14. The van der Waals surface area contributed by atoms with Gasteiger partial charge in [0.15, 0.2) is 0 Å². The van der Waals surface area contributed by atoms with Crippen LogP contribution in [0.2, 0.25) is 0 Å². The van der Waals surface area contributed by atoms with E-state index in [-0.39, 0.29) is 18.7 Å². The van der Waals surface area contributed by atoms with Gasteiger partial charge in [-0.25, -0.2) is 4.79 Å². The lowest BCUT2D eigenvalue weighted by molar-refractivity contribution is -0.131. The fourth-order valence-electron chi connectivity index (χ4n) is 1.05. The van der Waals surface area contributed by atoms with Crippen LogP contribution >= 0.6 is 0 Å². The van der Waals surface area contributed by atoms with Gasteiger partial charge in [0, 0.05) is 6.92 Å². The van der Waals surface area contributed by atoms with Crippen LogP contribution in [0.1, 0.15) is 30.3 Å². The molecule has 0 radical (unpaired) electrons. The molecule has 0 saturated carbocycles. The Morgan fingerprint density at radius 2 is 1.93 bits per heavy atom. The number of hydrogen-bond donors (Lipinski definition) is 1. The molecular formula is C11H14O4. The number of aromatic carboxylic acids is 1. The van der Waals surface area contributed by atoms with Crippen molar-refractivity contribution < 1.29 is 19.4 Å². The SMILES string of the molecule is C.CC(=O)Oc1ccc(C)cc1C(=O)O. The first-order valence-corrected chi connectivity index (χ1v) is 4.03.